The third-order valence-corrected chi connectivity index (χ3v) is 3.36. The van der Waals surface area contributed by atoms with E-state index >= 15 is 0 Å². The Morgan fingerprint density at radius 2 is 2.29 bits per heavy atom. The van der Waals surface area contributed by atoms with Crippen molar-refractivity contribution in [2.75, 3.05) is 20.2 Å². The maximum absolute atomic E-state index is 5.92. The van der Waals surface area contributed by atoms with E-state index in [0.29, 0.717) is 12.4 Å². The molecule has 0 aromatic carbocycles. The number of hydrogen-bond donors (Lipinski definition) is 1. The van der Waals surface area contributed by atoms with Crippen molar-refractivity contribution < 1.29 is 4.74 Å². The molecule has 1 aromatic heterocycles. The first-order chi connectivity index (χ1) is 8.30. The molecule has 1 unspecified atom stereocenters. The summed E-state index contributed by atoms with van der Waals surface area (Å²) in [5, 5.41) is 0. The van der Waals surface area contributed by atoms with Crippen LogP contribution in [-0.4, -0.2) is 36.1 Å². The number of methoxy groups -OCH3 is 1. The third kappa shape index (κ3) is 2.76. The van der Waals surface area contributed by atoms with Crippen LogP contribution in [0.25, 0.3) is 0 Å². The minimum Gasteiger partial charge on any atom is -0.481 e. The Labute approximate surface area is 103 Å². The Hall–Kier alpha value is -1.13. The topological polar surface area (TPSA) is 51.4 Å². The van der Waals surface area contributed by atoms with Gasteiger partial charge in [0.25, 0.3) is 0 Å². The highest BCUT2D eigenvalue weighted by atomic mass is 16.5. The molecule has 0 aliphatic heterocycles. The van der Waals surface area contributed by atoms with Gasteiger partial charge in [0.15, 0.2) is 0 Å². The predicted octanol–water partition coefficient (Wildman–Crippen LogP) is 1.57. The second-order valence-corrected chi connectivity index (χ2v) is 4.45. The van der Waals surface area contributed by atoms with Gasteiger partial charge in [0.1, 0.15) is 0 Å². The molecule has 94 valence electrons. The zero-order valence-electron chi connectivity index (χ0n) is 10.6. The highest BCUT2D eigenvalue weighted by molar-refractivity contribution is 5.21. The second-order valence-electron chi connectivity index (χ2n) is 4.45. The van der Waals surface area contributed by atoms with Gasteiger partial charge in [-0.15, -0.1) is 0 Å². The van der Waals surface area contributed by atoms with Crippen molar-refractivity contribution in [2.24, 2.45) is 5.73 Å². The average Bonchev–Trinajstić information content (AvgIpc) is 3.20. The summed E-state index contributed by atoms with van der Waals surface area (Å²) >= 11 is 0. The first-order valence-electron chi connectivity index (χ1n) is 6.25. The Balaban J connectivity index is 2.14. The zero-order valence-corrected chi connectivity index (χ0v) is 10.6. The number of rotatable bonds is 6. The minimum absolute atomic E-state index is 0.283. The van der Waals surface area contributed by atoms with Gasteiger partial charge in [0, 0.05) is 30.9 Å². The molecule has 1 atom stereocenters. The van der Waals surface area contributed by atoms with Crippen LogP contribution in [0.3, 0.4) is 0 Å². The van der Waals surface area contributed by atoms with Gasteiger partial charge in [-0.2, -0.15) is 0 Å². The van der Waals surface area contributed by atoms with E-state index in [1.165, 1.54) is 18.4 Å². The molecular weight excluding hydrogens is 214 g/mol. The average molecular weight is 235 g/mol. The predicted molar refractivity (Wildman–Crippen MR) is 68.0 cm³/mol. The zero-order chi connectivity index (χ0) is 12.3. The van der Waals surface area contributed by atoms with Gasteiger partial charge < -0.3 is 10.5 Å². The lowest BCUT2D eigenvalue weighted by Crippen LogP contribution is -2.35. The molecule has 1 aliphatic rings. The van der Waals surface area contributed by atoms with Crippen LogP contribution in [0.1, 0.15) is 31.4 Å². The van der Waals surface area contributed by atoms with Crippen LogP contribution in [0, 0.1) is 0 Å². The van der Waals surface area contributed by atoms with Crippen LogP contribution in [0.5, 0.6) is 5.88 Å². The number of ether oxygens (including phenoxy) is 1. The first kappa shape index (κ1) is 12.3. The fourth-order valence-electron chi connectivity index (χ4n) is 2.31. The molecule has 1 aromatic rings. The molecule has 4 nitrogen and oxygen atoms in total. The number of nitrogens with two attached hydrogens (primary N) is 1. The van der Waals surface area contributed by atoms with Gasteiger partial charge in [-0.1, -0.05) is 13.0 Å². The van der Waals surface area contributed by atoms with Crippen molar-refractivity contribution in [2.45, 2.75) is 31.8 Å². The molecule has 0 amide bonds. The standard InChI is InChI=1S/C13H21N3O/c1-3-16(11-5-6-11)12(8-14)10-4-7-13(17-2)15-9-10/h4,7,9,11-12H,3,5-6,8,14H2,1-2H3. The summed E-state index contributed by atoms with van der Waals surface area (Å²) in [7, 11) is 1.63. The largest absolute Gasteiger partial charge is 0.481 e. The van der Waals surface area contributed by atoms with Crippen molar-refractivity contribution in [3.8, 4) is 5.88 Å². The maximum Gasteiger partial charge on any atom is 0.212 e. The molecule has 1 aliphatic carbocycles. The summed E-state index contributed by atoms with van der Waals surface area (Å²) in [6.07, 6.45) is 4.48. The minimum atomic E-state index is 0.283. The van der Waals surface area contributed by atoms with E-state index in [0.717, 1.165) is 12.6 Å². The summed E-state index contributed by atoms with van der Waals surface area (Å²) in [6.45, 7) is 3.87. The summed E-state index contributed by atoms with van der Waals surface area (Å²) in [4.78, 5) is 6.73. The Kier molecular flexibility index (Phi) is 3.97. The Morgan fingerprint density at radius 3 is 2.71 bits per heavy atom. The highest BCUT2D eigenvalue weighted by Gasteiger charge is 2.32. The molecule has 1 heterocycles. The lowest BCUT2D eigenvalue weighted by molar-refractivity contribution is 0.201. The molecule has 1 fully saturated rings. The van der Waals surface area contributed by atoms with Gasteiger partial charge in [-0.25, -0.2) is 4.98 Å². The van der Waals surface area contributed by atoms with Gasteiger partial charge in [-0.3, -0.25) is 4.90 Å². The van der Waals surface area contributed by atoms with Crippen LogP contribution in [0.15, 0.2) is 18.3 Å². The van der Waals surface area contributed by atoms with Gasteiger partial charge in [0.05, 0.1) is 7.11 Å². The normalized spacial score (nSPS) is 17.2. The van der Waals surface area contributed by atoms with E-state index in [9.17, 15) is 0 Å². The number of hydrogen-bond acceptors (Lipinski definition) is 4. The monoisotopic (exact) mass is 235 g/mol. The summed E-state index contributed by atoms with van der Waals surface area (Å²) in [5.74, 6) is 0.652. The van der Waals surface area contributed by atoms with E-state index in [2.05, 4.69) is 22.9 Å². The molecule has 0 bridgehead atoms. The number of aromatic nitrogens is 1. The fourth-order valence-corrected chi connectivity index (χ4v) is 2.31. The van der Waals surface area contributed by atoms with Gasteiger partial charge >= 0.3 is 0 Å². The van der Waals surface area contributed by atoms with Gasteiger partial charge in [-0.05, 0) is 24.9 Å². The summed E-state index contributed by atoms with van der Waals surface area (Å²) < 4.78 is 5.07. The van der Waals surface area contributed by atoms with Gasteiger partial charge in [0.2, 0.25) is 5.88 Å². The van der Waals surface area contributed by atoms with E-state index in [1.54, 1.807) is 7.11 Å². The second kappa shape index (κ2) is 5.47. The molecule has 2 rings (SSSR count). The van der Waals surface area contributed by atoms with Crippen molar-refractivity contribution in [3.63, 3.8) is 0 Å². The van der Waals surface area contributed by atoms with Crippen molar-refractivity contribution in [1.29, 1.82) is 0 Å². The molecule has 0 radical (unpaired) electrons. The molecule has 1 saturated carbocycles. The van der Waals surface area contributed by atoms with E-state index in [-0.39, 0.29) is 6.04 Å². The molecule has 0 spiro atoms. The number of pyridine rings is 1. The molecule has 2 N–H and O–H groups in total. The van der Waals surface area contributed by atoms with Crippen molar-refractivity contribution in [1.82, 2.24) is 9.88 Å². The highest BCUT2D eigenvalue weighted by Crippen LogP contribution is 2.33. The van der Waals surface area contributed by atoms with Crippen molar-refractivity contribution >= 4 is 0 Å². The maximum atomic E-state index is 5.92. The SMILES string of the molecule is CCN(C1CC1)C(CN)c1ccc(OC)nc1. The quantitative estimate of drug-likeness (QED) is 0.813. The third-order valence-electron chi connectivity index (χ3n) is 3.36. The van der Waals surface area contributed by atoms with Crippen LogP contribution in [-0.2, 0) is 0 Å². The lowest BCUT2D eigenvalue weighted by Gasteiger charge is -2.30. The number of nitrogens with zero attached hydrogens (tertiary/aromatic N) is 2. The van der Waals surface area contributed by atoms with E-state index < -0.39 is 0 Å². The van der Waals surface area contributed by atoms with Crippen molar-refractivity contribution in [3.05, 3.63) is 23.9 Å². The van der Waals surface area contributed by atoms with E-state index in [4.69, 9.17) is 10.5 Å². The number of likely N-dealkylation sites (N-methyl/N-ethyl adjacent to an activating group) is 1. The van der Waals surface area contributed by atoms with E-state index in [1.807, 2.05) is 12.3 Å². The smallest absolute Gasteiger partial charge is 0.212 e. The first-order valence-corrected chi connectivity index (χ1v) is 6.25. The molecule has 0 saturated heterocycles. The fraction of sp³-hybridized carbons (Fsp3) is 0.615. The Bertz CT molecular complexity index is 348. The summed E-state index contributed by atoms with van der Waals surface area (Å²) in [6, 6.07) is 4.97. The Morgan fingerprint density at radius 1 is 1.53 bits per heavy atom. The molecular formula is C13H21N3O. The molecule has 4 heteroatoms. The van der Waals surface area contributed by atoms with Crippen LogP contribution < -0.4 is 10.5 Å². The van der Waals surface area contributed by atoms with Crippen LogP contribution >= 0.6 is 0 Å². The summed E-state index contributed by atoms with van der Waals surface area (Å²) in [5.41, 5.74) is 7.10. The van der Waals surface area contributed by atoms with Crippen LogP contribution in [0.4, 0.5) is 0 Å². The van der Waals surface area contributed by atoms with Crippen LogP contribution in [0.2, 0.25) is 0 Å². The molecule has 17 heavy (non-hydrogen) atoms. The lowest BCUT2D eigenvalue weighted by atomic mass is 10.1.